The van der Waals surface area contributed by atoms with Crippen LogP contribution in [0.2, 0.25) is 5.02 Å². The number of piperazine rings is 1. The van der Waals surface area contributed by atoms with E-state index in [4.69, 9.17) is 16.3 Å². The van der Waals surface area contributed by atoms with Gasteiger partial charge in [0.1, 0.15) is 11.6 Å². The van der Waals surface area contributed by atoms with Gasteiger partial charge in [-0.1, -0.05) is 23.7 Å². The van der Waals surface area contributed by atoms with Crippen LogP contribution in [-0.4, -0.2) is 60.1 Å². The number of aliphatic hydroxyl groups is 1. The normalized spacial score (nSPS) is 14.9. The largest absolute Gasteiger partial charge is 0.483 e. The van der Waals surface area contributed by atoms with Crippen molar-refractivity contribution in [3.05, 3.63) is 64.4 Å². The van der Waals surface area contributed by atoms with E-state index in [-0.39, 0.29) is 24.9 Å². The predicted molar refractivity (Wildman–Crippen MR) is 106 cm³/mol. The summed E-state index contributed by atoms with van der Waals surface area (Å²) in [6, 6.07) is 11.5. The minimum atomic E-state index is -0.220. The Morgan fingerprint density at radius 3 is 2.50 bits per heavy atom. The molecule has 0 bridgehead atoms. The van der Waals surface area contributed by atoms with E-state index < -0.39 is 0 Å². The molecule has 0 unspecified atom stereocenters. The summed E-state index contributed by atoms with van der Waals surface area (Å²) in [4.78, 5) is 16.5. The Balaban J connectivity index is 1.42. The second kappa shape index (κ2) is 9.87. The second-order valence-electron chi connectivity index (χ2n) is 6.80. The summed E-state index contributed by atoms with van der Waals surface area (Å²) in [5, 5.41) is 9.89. The van der Waals surface area contributed by atoms with Crippen LogP contribution in [0, 0.1) is 5.82 Å². The molecule has 7 heteroatoms. The van der Waals surface area contributed by atoms with Crippen LogP contribution in [0.5, 0.6) is 5.75 Å². The summed E-state index contributed by atoms with van der Waals surface area (Å²) in [7, 11) is 0. The molecule has 1 aliphatic rings. The molecular weight excluding hydrogens is 383 g/mol. The van der Waals surface area contributed by atoms with Gasteiger partial charge in [-0.2, -0.15) is 0 Å². The lowest BCUT2D eigenvalue weighted by molar-refractivity contribution is -0.135. The van der Waals surface area contributed by atoms with E-state index in [1.165, 1.54) is 12.1 Å². The first-order chi connectivity index (χ1) is 13.5. The van der Waals surface area contributed by atoms with Crippen molar-refractivity contribution in [2.75, 3.05) is 39.3 Å². The minimum Gasteiger partial charge on any atom is -0.483 e. The zero-order chi connectivity index (χ0) is 19.9. The summed E-state index contributed by atoms with van der Waals surface area (Å²) in [6.45, 7) is 3.53. The van der Waals surface area contributed by atoms with Crippen molar-refractivity contribution >= 4 is 17.5 Å². The van der Waals surface area contributed by atoms with Crippen molar-refractivity contribution < 1.29 is 19.0 Å². The van der Waals surface area contributed by atoms with E-state index >= 15 is 0 Å². The number of nitrogens with zero attached hydrogens (tertiary/aromatic N) is 2. The maximum Gasteiger partial charge on any atom is 0.260 e. The summed E-state index contributed by atoms with van der Waals surface area (Å²) < 4.78 is 18.5. The van der Waals surface area contributed by atoms with Crippen molar-refractivity contribution in [3.8, 4) is 5.75 Å². The highest BCUT2D eigenvalue weighted by Gasteiger charge is 2.21. The van der Waals surface area contributed by atoms with Crippen molar-refractivity contribution in [2.45, 2.75) is 13.0 Å². The Labute approximate surface area is 169 Å². The lowest BCUT2D eigenvalue weighted by Gasteiger charge is -2.34. The zero-order valence-corrected chi connectivity index (χ0v) is 16.4. The second-order valence-corrected chi connectivity index (χ2v) is 7.23. The van der Waals surface area contributed by atoms with Crippen LogP contribution in [0.4, 0.5) is 4.39 Å². The number of ether oxygens (including phenoxy) is 1. The average molecular weight is 407 g/mol. The molecule has 1 N–H and O–H groups in total. The number of carbonyl (C=O) groups is 1. The number of halogens is 2. The van der Waals surface area contributed by atoms with Gasteiger partial charge in [0.05, 0.1) is 6.61 Å². The standard InChI is InChI=1S/C21H24ClFN2O3/c22-18-3-6-20(17(13-18)14-26)28-15-21(27)25-11-9-24(10-12-25)8-7-16-1-4-19(23)5-2-16/h1-6,13,26H,7-12,14-15H2. The maximum absolute atomic E-state index is 13.0. The third kappa shape index (κ3) is 5.67. The van der Waals surface area contributed by atoms with Crippen molar-refractivity contribution in [3.63, 3.8) is 0 Å². The highest BCUT2D eigenvalue weighted by Crippen LogP contribution is 2.23. The molecule has 1 aliphatic heterocycles. The molecule has 2 aromatic rings. The summed E-state index contributed by atoms with van der Waals surface area (Å²) in [5.74, 6) is 0.179. The summed E-state index contributed by atoms with van der Waals surface area (Å²) in [6.07, 6.45) is 0.859. The number of aliphatic hydroxyl groups excluding tert-OH is 1. The third-order valence-electron chi connectivity index (χ3n) is 4.90. The summed E-state index contributed by atoms with van der Waals surface area (Å²) in [5.41, 5.74) is 1.67. The maximum atomic E-state index is 13.0. The van der Waals surface area contributed by atoms with Crippen molar-refractivity contribution in [2.24, 2.45) is 0 Å². The highest BCUT2D eigenvalue weighted by molar-refractivity contribution is 6.30. The van der Waals surface area contributed by atoms with Gasteiger partial charge in [-0.05, 0) is 42.3 Å². The van der Waals surface area contributed by atoms with E-state index in [1.807, 2.05) is 12.1 Å². The van der Waals surface area contributed by atoms with E-state index in [1.54, 1.807) is 23.1 Å². The number of hydrogen-bond acceptors (Lipinski definition) is 4. The number of hydrogen-bond donors (Lipinski definition) is 1. The molecule has 28 heavy (non-hydrogen) atoms. The van der Waals surface area contributed by atoms with Gasteiger partial charge in [0.15, 0.2) is 6.61 Å². The number of carbonyl (C=O) groups excluding carboxylic acids is 1. The fraction of sp³-hybridized carbons (Fsp3) is 0.381. The van der Waals surface area contributed by atoms with E-state index in [0.29, 0.717) is 29.4 Å². The molecule has 0 saturated carbocycles. The Bertz CT molecular complexity index is 793. The first kappa shape index (κ1) is 20.6. The van der Waals surface area contributed by atoms with Crippen LogP contribution < -0.4 is 4.74 Å². The topological polar surface area (TPSA) is 53.0 Å². The van der Waals surface area contributed by atoms with Crippen LogP contribution >= 0.6 is 11.6 Å². The lowest BCUT2D eigenvalue weighted by atomic mass is 10.1. The minimum absolute atomic E-state index is 0.0653. The van der Waals surface area contributed by atoms with Crippen LogP contribution in [0.1, 0.15) is 11.1 Å². The van der Waals surface area contributed by atoms with Gasteiger partial charge in [0.25, 0.3) is 5.91 Å². The fourth-order valence-electron chi connectivity index (χ4n) is 3.20. The highest BCUT2D eigenvalue weighted by atomic mass is 35.5. The van der Waals surface area contributed by atoms with Crippen molar-refractivity contribution in [1.29, 1.82) is 0 Å². The van der Waals surface area contributed by atoms with Gasteiger partial charge in [0.2, 0.25) is 0 Å². The van der Waals surface area contributed by atoms with E-state index in [9.17, 15) is 14.3 Å². The Morgan fingerprint density at radius 1 is 1.11 bits per heavy atom. The van der Waals surface area contributed by atoms with Crippen LogP contribution in [0.3, 0.4) is 0 Å². The monoisotopic (exact) mass is 406 g/mol. The Hall–Kier alpha value is -2.15. The Morgan fingerprint density at radius 2 is 1.82 bits per heavy atom. The fourth-order valence-corrected chi connectivity index (χ4v) is 3.40. The number of amides is 1. The van der Waals surface area contributed by atoms with Crippen LogP contribution in [0.15, 0.2) is 42.5 Å². The predicted octanol–water partition coefficient (Wildman–Crippen LogP) is 2.74. The molecule has 150 valence electrons. The third-order valence-corrected chi connectivity index (χ3v) is 5.13. The molecule has 1 fully saturated rings. The quantitative estimate of drug-likeness (QED) is 0.768. The molecule has 2 aromatic carbocycles. The molecule has 0 radical (unpaired) electrons. The molecule has 1 amide bonds. The number of rotatable bonds is 7. The molecule has 0 aromatic heterocycles. The molecule has 5 nitrogen and oxygen atoms in total. The van der Waals surface area contributed by atoms with E-state index in [0.717, 1.165) is 31.6 Å². The molecule has 1 heterocycles. The molecule has 3 rings (SSSR count). The van der Waals surface area contributed by atoms with Gasteiger partial charge in [-0.3, -0.25) is 9.69 Å². The zero-order valence-electron chi connectivity index (χ0n) is 15.6. The first-order valence-corrected chi connectivity index (χ1v) is 9.69. The van der Waals surface area contributed by atoms with Gasteiger partial charge in [-0.25, -0.2) is 4.39 Å². The van der Waals surface area contributed by atoms with E-state index in [2.05, 4.69) is 4.90 Å². The summed E-state index contributed by atoms with van der Waals surface area (Å²) >= 11 is 5.90. The van der Waals surface area contributed by atoms with Crippen LogP contribution in [-0.2, 0) is 17.8 Å². The lowest BCUT2D eigenvalue weighted by Crippen LogP contribution is -2.50. The van der Waals surface area contributed by atoms with Gasteiger partial charge < -0.3 is 14.7 Å². The first-order valence-electron chi connectivity index (χ1n) is 9.32. The molecular formula is C21H24ClFN2O3. The number of benzene rings is 2. The molecule has 1 saturated heterocycles. The molecule has 0 spiro atoms. The van der Waals surface area contributed by atoms with Gasteiger partial charge in [0, 0.05) is 43.3 Å². The molecule has 0 aliphatic carbocycles. The SMILES string of the molecule is O=C(COc1ccc(Cl)cc1CO)N1CCN(CCc2ccc(F)cc2)CC1. The smallest absolute Gasteiger partial charge is 0.260 e. The van der Waals surface area contributed by atoms with Gasteiger partial charge >= 0.3 is 0 Å². The van der Waals surface area contributed by atoms with Crippen molar-refractivity contribution in [1.82, 2.24) is 9.80 Å². The van der Waals surface area contributed by atoms with Crippen LogP contribution in [0.25, 0.3) is 0 Å². The molecule has 0 atom stereocenters. The van der Waals surface area contributed by atoms with Gasteiger partial charge in [-0.15, -0.1) is 0 Å². The Kier molecular flexibility index (Phi) is 7.25. The average Bonchev–Trinajstić information content (AvgIpc) is 2.72.